The van der Waals surface area contributed by atoms with Crippen LogP contribution >= 0.6 is 0 Å². The SMILES string of the molecule is c1ccc2c(CN3CCCCC3)c3ccccc3cc2c1. The maximum absolute atomic E-state index is 2.62. The van der Waals surface area contributed by atoms with Crippen LogP contribution in [0.15, 0.2) is 54.6 Å². The van der Waals surface area contributed by atoms with Gasteiger partial charge in [-0.1, -0.05) is 55.0 Å². The maximum Gasteiger partial charge on any atom is 0.0246 e. The van der Waals surface area contributed by atoms with Crippen molar-refractivity contribution in [3.05, 3.63) is 60.2 Å². The average molecular weight is 275 g/mol. The van der Waals surface area contributed by atoms with Gasteiger partial charge in [0.25, 0.3) is 0 Å². The summed E-state index contributed by atoms with van der Waals surface area (Å²) in [7, 11) is 0. The first-order valence-electron chi connectivity index (χ1n) is 8.03. The number of piperidine rings is 1. The van der Waals surface area contributed by atoms with Crippen molar-refractivity contribution in [1.29, 1.82) is 0 Å². The molecule has 0 N–H and O–H groups in total. The lowest BCUT2D eigenvalue weighted by atomic mass is 9.96. The van der Waals surface area contributed by atoms with Gasteiger partial charge in [-0.3, -0.25) is 4.90 Å². The predicted molar refractivity (Wildman–Crippen MR) is 90.6 cm³/mol. The Hall–Kier alpha value is -1.86. The second kappa shape index (κ2) is 5.50. The molecule has 0 unspecified atom stereocenters. The molecule has 3 aromatic rings. The lowest BCUT2D eigenvalue weighted by Crippen LogP contribution is -2.29. The molecule has 1 heterocycles. The van der Waals surface area contributed by atoms with Gasteiger partial charge >= 0.3 is 0 Å². The Labute approximate surface area is 126 Å². The van der Waals surface area contributed by atoms with Gasteiger partial charge < -0.3 is 0 Å². The van der Waals surface area contributed by atoms with E-state index in [0.29, 0.717) is 0 Å². The Morgan fingerprint density at radius 3 is 1.90 bits per heavy atom. The Morgan fingerprint density at radius 2 is 1.29 bits per heavy atom. The smallest absolute Gasteiger partial charge is 0.0246 e. The molecule has 0 saturated carbocycles. The zero-order valence-electron chi connectivity index (χ0n) is 12.4. The first kappa shape index (κ1) is 12.8. The molecule has 0 radical (unpaired) electrons. The van der Waals surface area contributed by atoms with E-state index in [2.05, 4.69) is 59.5 Å². The van der Waals surface area contributed by atoms with Crippen LogP contribution in [0.5, 0.6) is 0 Å². The van der Waals surface area contributed by atoms with Gasteiger partial charge in [-0.05, 0) is 59.1 Å². The van der Waals surface area contributed by atoms with Gasteiger partial charge in [-0.15, -0.1) is 0 Å². The van der Waals surface area contributed by atoms with Crippen LogP contribution in [-0.2, 0) is 6.54 Å². The molecule has 1 aliphatic rings. The van der Waals surface area contributed by atoms with Crippen LogP contribution in [0, 0.1) is 0 Å². The van der Waals surface area contributed by atoms with Gasteiger partial charge in [0.2, 0.25) is 0 Å². The fourth-order valence-electron chi connectivity index (χ4n) is 3.62. The number of rotatable bonds is 2. The standard InChI is InChI=1S/C20H21N/c1-6-12-21(13-7-1)15-20-18-10-4-2-8-16(18)14-17-9-3-5-11-19(17)20/h2-5,8-11,14H,1,6-7,12-13,15H2. The summed E-state index contributed by atoms with van der Waals surface area (Å²) < 4.78 is 0. The maximum atomic E-state index is 2.62. The molecule has 21 heavy (non-hydrogen) atoms. The summed E-state index contributed by atoms with van der Waals surface area (Å²) >= 11 is 0. The predicted octanol–water partition coefficient (Wildman–Crippen LogP) is 4.98. The van der Waals surface area contributed by atoms with Crippen molar-refractivity contribution in [3.63, 3.8) is 0 Å². The molecule has 4 rings (SSSR count). The van der Waals surface area contributed by atoms with Crippen LogP contribution in [0.4, 0.5) is 0 Å². The highest BCUT2D eigenvalue weighted by atomic mass is 15.1. The molecule has 0 spiro atoms. The summed E-state index contributed by atoms with van der Waals surface area (Å²) in [5, 5.41) is 5.56. The highest BCUT2D eigenvalue weighted by molar-refractivity contribution is 6.02. The summed E-state index contributed by atoms with van der Waals surface area (Å²) in [4.78, 5) is 2.62. The van der Waals surface area contributed by atoms with Gasteiger partial charge in [0.15, 0.2) is 0 Å². The van der Waals surface area contributed by atoms with Crippen molar-refractivity contribution < 1.29 is 0 Å². The molecule has 1 aliphatic heterocycles. The van der Waals surface area contributed by atoms with E-state index in [9.17, 15) is 0 Å². The third kappa shape index (κ3) is 2.43. The normalized spacial score (nSPS) is 16.6. The van der Waals surface area contributed by atoms with Crippen molar-refractivity contribution in [3.8, 4) is 0 Å². The third-order valence-electron chi connectivity index (χ3n) is 4.71. The minimum atomic E-state index is 1.09. The molecular weight excluding hydrogens is 254 g/mol. The van der Waals surface area contributed by atoms with E-state index in [1.54, 1.807) is 0 Å². The van der Waals surface area contributed by atoms with Crippen LogP contribution in [0.2, 0.25) is 0 Å². The Balaban J connectivity index is 1.89. The van der Waals surface area contributed by atoms with E-state index < -0.39 is 0 Å². The van der Waals surface area contributed by atoms with Crippen molar-refractivity contribution in [1.82, 2.24) is 4.90 Å². The molecular formula is C20H21N. The summed E-state index contributed by atoms with van der Waals surface area (Å²) in [6.07, 6.45) is 4.10. The molecule has 0 amide bonds. The number of likely N-dealkylation sites (tertiary alicyclic amines) is 1. The Morgan fingerprint density at radius 1 is 0.714 bits per heavy atom. The van der Waals surface area contributed by atoms with E-state index in [4.69, 9.17) is 0 Å². The summed E-state index contributed by atoms with van der Waals surface area (Å²) in [6.45, 7) is 3.58. The van der Waals surface area contributed by atoms with E-state index in [-0.39, 0.29) is 0 Å². The van der Waals surface area contributed by atoms with Crippen LogP contribution in [0.25, 0.3) is 21.5 Å². The van der Waals surface area contributed by atoms with E-state index >= 15 is 0 Å². The lowest BCUT2D eigenvalue weighted by molar-refractivity contribution is 0.222. The zero-order valence-corrected chi connectivity index (χ0v) is 12.4. The molecule has 0 aliphatic carbocycles. The Kier molecular flexibility index (Phi) is 3.36. The summed E-state index contributed by atoms with van der Waals surface area (Å²) in [5.74, 6) is 0. The molecule has 1 fully saturated rings. The highest BCUT2D eigenvalue weighted by Gasteiger charge is 2.14. The number of nitrogens with zero attached hydrogens (tertiary/aromatic N) is 1. The molecule has 1 nitrogen and oxygen atoms in total. The van der Waals surface area contributed by atoms with Crippen LogP contribution in [-0.4, -0.2) is 18.0 Å². The second-order valence-electron chi connectivity index (χ2n) is 6.13. The summed E-state index contributed by atoms with van der Waals surface area (Å²) in [5.41, 5.74) is 1.51. The fraction of sp³-hybridized carbons (Fsp3) is 0.300. The van der Waals surface area contributed by atoms with Crippen molar-refractivity contribution >= 4 is 21.5 Å². The quantitative estimate of drug-likeness (QED) is 0.596. The average Bonchev–Trinajstić information content (AvgIpc) is 2.55. The van der Waals surface area contributed by atoms with E-state index in [1.165, 1.54) is 59.5 Å². The fourth-order valence-corrected chi connectivity index (χ4v) is 3.62. The highest BCUT2D eigenvalue weighted by Crippen LogP contribution is 2.30. The molecule has 1 heteroatoms. The first-order chi connectivity index (χ1) is 10.4. The zero-order chi connectivity index (χ0) is 14.1. The monoisotopic (exact) mass is 275 g/mol. The van der Waals surface area contributed by atoms with Gasteiger partial charge in [0.1, 0.15) is 0 Å². The minimum absolute atomic E-state index is 1.09. The van der Waals surface area contributed by atoms with Crippen LogP contribution in [0.1, 0.15) is 24.8 Å². The molecule has 0 atom stereocenters. The van der Waals surface area contributed by atoms with Crippen LogP contribution < -0.4 is 0 Å². The van der Waals surface area contributed by atoms with Gasteiger partial charge in [0.05, 0.1) is 0 Å². The number of fused-ring (bicyclic) bond motifs is 2. The van der Waals surface area contributed by atoms with Crippen molar-refractivity contribution in [2.75, 3.05) is 13.1 Å². The topological polar surface area (TPSA) is 3.24 Å². The molecule has 0 bridgehead atoms. The third-order valence-corrected chi connectivity index (χ3v) is 4.71. The first-order valence-corrected chi connectivity index (χ1v) is 8.03. The number of benzene rings is 3. The van der Waals surface area contributed by atoms with E-state index in [0.717, 1.165) is 6.54 Å². The molecule has 0 aromatic heterocycles. The van der Waals surface area contributed by atoms with Crippen LogP contribution in [0.3, 0.4) is 0 Å². The second-order valence-corrected chi connectivity index (χ2v) is 6.13. The largest absolute Gasteiger partial charge is 0.299 e. The molecule has 3 aromatic carbocycles. The van der Waals surface area contributed by atoms with Gasteiger partial charge in [-0.25, -0.2) is 0 Å². The van der Waals surface area contributed by atoms with Gasteiger partial charge in [0, 0.05) is 6.54 Å². The molecule has 106 valence electrons. The molecule has 1 saturated heterocycles. The minimum Gasteiger partial charge on any atom is -0.299 e. The van der Waals surface area contributed by atoms with E-state index in [1.807, 2.05) is 0 Å². The Bertz CT molecular complexity index is 715. The lowest BCUT2D eigenvalue weighted by Gasteiger charge is -2.27. The van der Waals surface area contributed by atoms with Crippen molar-refractivity contribution in [2.45, 2.75) is 25.8 Å². The van der Waals surface area contributed by atoms with Crippen molar-refractivity contribution in [2.24, 2.45) is 0 Å². The summed E-state index contributed by atoms with van der Waals surface area (Å²) in [6, 6.07) is 20.0. The number of hydrogen-bond donors (Lipinski definition) is 0. The van der Waals surface area contributed by atoms with Gasteiger partial charge in [-0.2, -0.15) is 0 Å². The number of hydrogen-bond acceptors (Lipinski definition) is 1.